The highest BCUT2D eigenvalue weighted by molar-refractivity contribution is 5.93. The van der Waals surface area contributed by atoms with Gasteiger partial charge in [-0.05, 0) is 24.6 Å². The number of benzene rings is 1. The zero-order valence-electron chi connectivity index (χ0n) is 12.0. The average molecular weight is 286 g/mol. The number of pyridine rings is 1. The van der Waals surface area contributed by atoms with E-state index in [1.165, 1.54) is 10.6 Å². The van der Waals surface area contributed by atoms with E-state index >= 15 is 0 Å². The number of aliphatic hydroxyl groups is 1. The molecular weight excluding hydrogens is 268 g/mol. The van der Waals surface area contributed by atoms with Crippen molar-refractivity contribution in [3.05, 3.63) is 70.1 Å². The smallest absolute Gasteiger partial charge is 0.263 e. The van der Waals surface area contributed by atoms with E-state index in [1.54, 1.807) is 38.4 Å². The van der Waals surface area contributed by atoms with Gasteiger partial charge in [0.2, 0.25) is 0 Å². The fourth-order valence-electron chi connectivity index (χ4n) is 2.02. The van der Waals surface area contributed by atoms with Gasteiger partial charge in [0.05, 0.1) is 6.54 Å². The van der Waals surface area contributed by atoms with Crippen LogP contribution in [-0.4, -0.2) is 22.1 Å². The van der Waals surface area contributed by atoms with Crippen molar-refractivity contribution >= 4 is 5.91 Å². The molecular formula is C16H18N2O3. The molecule has 0 fully saturated rings. The summed E-state index contributed by atoms with van der Waals surface area (Å²) in [5.41, 5.74) is -0.804. The lowest BCUT2D eigenvalue weighted by Crippen LogP contribution is -2.40. The number of rotatable bonds is 4. The van der Waals surface area contributed by atoms with Crippen LogP contribution >= 0.6 is 0 Å². The van der Waals surface area contributed by atoms with Gasteiger partial charge < -0.3 is 15.0 Å². The molecule has 1 aromatic carbocycles. The highest BCUT2D eigenvalue weighted by Crippen LogP contribution is 2.18. The first kappa shape index (κ1) is 15.0. The number of hydrogen-bond donors (Lipinski definition) is 2. The second-order valence-electron chi connectivity index (χ2n) is 5.16. The number of carbonyl (C=O) groups is 1. The number of aromatic nitrogens is 1. The Bertz CT molecular complexity index is 690. The Balaban J connectivity index is 2.11. The van der Waals surface area contributed by atoms with Crippen molar-refractivity contribution in [1.29, 1.82) is 0 Å². The van der Waals surface area contributed by atoms with Crippen LogP contribution in [0, 0.1) is 0 Å². The van der Waals surface area contributed by atoms with Crippen molar-refractivity contribution < 1.29 is 9.90 Å². The van der Waals surface area contributed by atoms with Crippen LogP contribution in [-0.2, 0) is 12.6 Å². The zero-order chi connectivity index (χ0) is 15.5. The minimum Gasteiger partial charge on any atom is -0.384 e. The van der Waals surface area contributed by atoms with Crippen LogP contribution in [0.4, 0.5) is 0 Å². The molecule has 1 amide bonds. The van der Waals surface area contributed by atoms with Crippen LogP contribution in [0.5, 0.6) is 0 Å². The molecule has 1 aromatic heterocycles. The topological polar surface area (TPSA) is 71.3 Å². The fraction of sp³-hybridized carbons (Fsp3) is 0.250. The van der Waals surface area contributed by atoms with E-state index in [2.05, 4.69) is 5.32 Å². The Morgan fingerprint density at radius 1 is 1.24 bits per heavy atom. The molecule has 2 N–H and O–H groups in total. The number of hydrogen-bond acceptors (Lipinski definition) is 3. The first-order valence-electron chi connectivity index (χ1n) is 6.63. The predicted octanol–water partition coefficient (Wildman–Crippen LogP) is 1.02. The van der Waals surface area contributed by atoms with Crippen molar-refractivity contribution in [2.45, 2.75) is 12.5 Å². The fourth-order valence-corrected chi connectivity index (χ4v) is 2.02. The summed E-state index contributed by atoms with van der Waals surface area (Å²) in [5.74, 6) is -0.493. The van der Waals surface area contributed by atoms with Crippen molar-refractivity contribution in [3.8, 4) is 0 Å². The molecule has 0 aliphatic rings. The summed E-state index contributed by atoms with van der Waals surface area (Å²) in [4.78, 5) is 23.9. The minimum absolute atomic E-state index is 0.0217. The second-order valence-corrected chi connectivity index (χ2v) is 5.16. The van der Waals surface area contributed by atoms with Crippen LogP contribution in [0.2, 0.25) is 0 Å². The maximum Gasteiger partial charge on any atom is 0.263 e. The van der Waals surface area contributed by atoms with E-state index in [4.69, 9.17) is 0 Å². The van der Waals surface area contributed by atoms with Gasteiger partial charge in [0.1, 0.15) is 11.2 Å². The number of amides is 1. The molecule has 0 spiro atoms. The largest absolute Gasteiger partial charge is 0.384 e. The van der Waals surface area contributed by atoms with E-state index < -0.39 is 11.5 Å². The quantitative estimate of drug-likeness (QED) is 0.881. The van der Waals surface area contributed by atoms with Gasteiger partial charge >= 0.3 is 0 Å². The maximum atomic E-state index is 12.1. The van der Waals surface area contributed by atoms with E-state index in [0.29, 0.717) is 5.56 Å². The molecule has 0 saturated carbocycles. The third kappa shape index (κ3) is 3.38. The second kappa shape index (κ2) is 5.93. The standard InChI is InChI=1S/C16H18N2O3/c1-16(21,12-7-4-3-5-8-12)11-17-14(19)13-9-6-10-18(2)15(13)20/h3-10,21H,11H2,1-2H3,(H,17,19). The minimum atomic E-state index is -1.20. The highest BCUT2D eigenvalue weighted by atomic mass is 16.3. The molecule has 5 heteroatoms. The Kier molecular flexibility index (Phi) is 4.23. The van der Waals surface area contributed by atoms with Gasteiger partial charge in [-0.15, -0.1) is 0 Å². The SMILES string of the molecule is Cn1cccc(C(=O)NCC(C)(O)c2ccccc2)c1=O. The van der Waals surface area contributed by atoms with Crippen molar-refractivity contribution in [1.82, 2.24) is 9.88 Å². The number of aryl methyl sites for hydroxylation is 1. The summed E-state index contributed by atoms with van der Waals surface area (Å²) < 4.78 is 1.34. The lowest BCUT2D eigenvalue weighted by molar-refractivity contribution is 0.0526. The summed E-state index contributed by atoms with van der Waals surface area (Å²) in [6.07, 6.45) is 1.58. The zero-order valence-corrected chi connectivity index (χ0v) is 12.0. The molecule has 0 aliphatic heterocycles. The third-order valence-corrected chi connectivity index (χ3v) is 3.36. The molecule has 0 aliphatic carbocycles. The molecule has 1 heterocycles. The van der Waals surface area contributed by atoms with Crippen molar-refractivity contribution in [2.75, 3.05) is 6.54 Å². The van der Waals surface area contributed by atoms with Crippen LogP contribution in [0.15, 0.2) is 53.5 Å². The molecule has 110 valence electrons. The van der Waals surface area contributed by atoms with Gasteiger partial charge in [-0.25, -0.2) is 0 Å². The van der Waals surface area contributed by atoms with Crippen LogP contribution < -0.4 is 10.9 Å². The molecule has 0 radical (unpaired) electrons. The molecule has 0 bridgehead atoms. The molecule has 2 aromatic rings. The van der Waals surface area contributed by atoms with Gasteiger partial charge in [-0.2, -0.15) is 0 Å². The van der Waals surface area contributed by atoms with Crippen molar-refractivity contribution in [2.24, 2.45) is 7.05 Å². The van der Waals surface area contributed by atoms with Gasteiger partial charge in [0.15, 0.2) is 0 Å². The summed E-state index contributed by atoms with van der Waals surface area (Å²) in [7, 11) is 1.58. The average Bonchev–Trinajstić information content (AvgIpc) is 2.49. The number of nitrogens with one attached hydrogen (secondary N) is 1. The van der Waals surface area contributed by atoms with E-state index in [9.17, 15) is 14.7 Å². The Hall–Kier alpha value is -2.40. The molecule has 5 nitrogen and oxygen atoms in total. The van der Waals surface area contributed by atoms with E-state index in [0.717, 1.165) is 0 Å². The highest BCUT2D eigenvalue weighted by Gasteiger charge is 2.24. The predicted molar refractivity (Wildman–Crippen MR) is 80.0 cm³/mol. The normalized spacial score (nSPS) is 13.5. The first-order valence-corrected chi connectivity index (χ1v) is 6.63. The molecule has 0 saturated heterocycles. The van der Waals surface area contributed by atoms with E-state index in [-0.39, 0.29) is 17.7 Å². The molecule has 1 atom stereocenters. The summed E-state index contributed by atoms with van der Waals surface area (Å²) >= 11 is 0. The molecule has 2 rings (SSSR count). The van der Waals surface area contributed by atoms with Crippen LogP contribution in [0.1, 0.15) is 22.8 Å². The first-order chi connectivity index (χ1) is 9.92. The van der Waals surface area contributed by atoms with Crippen LogP contribution in [0.3, 0.4) is 0 Å². The molecule has 1 unspecified atom stereocenters. The monoisotopic (exact) mass is 286 g/mol. The Labute approximate surface area is 122 Å². The Morgan fingerprint density at radius 2 is 1.90 bits per heavy atom. The van der Waals surface area contributed by atoms with Gasteiger partial charge in [-0.3, -0.25) is 9.59 Å². The summed E-state index contributed by atoms with van der Waals surface area (Å²) in [6, 6.07) is 12.2. The summed E-state index contributed by atoms with van der Waals surface area (Å²) in [5, 5.41) is 13.0. The summed E-state index contributed by atoms with van der Waals surface area (Å²) in [6.45, 7) is 1.64. The van der Waals surface area contributed by atoms with Crippen molar-refractivity contribution in [3.63, 3.8) is 0 Å². The van der Waals surface area contributed by atoms with E-state index in [1.807, 2.05) is 18.2 Å². The van der Waals surface area contributed by atoms with Gasteiger partial charge in [0, 0.05) is 13.2 Å². The third-order valence-electron chi connectivity index (χ3n) is 3.36. The lowest BCUT2D eigenvalue weighted by Gasteiger charge is -2.24. The number of carbonyl (C=O) groups excluding carboxylic acids is 1. The Morgan fingerprint density at radius 3 is 2.57 bits per heavy atom. The van der Waals surface area contributed by atoms with Crippen LogP contribution in [0.25, 0.3) is 0 Å². The van der Waals surface area contributed by atoms with Gasteiger partial charge in [0.25, 0.3) is 11.5 Å². The lowest BCUT2D eigenvalue weighted by atomic mass is 9.96. The maximum absolute atomic E-state index is 12.1. The molecule has 21 heavy (non-hydrogen) atoms. The van der Waals surface area contributed by atoms with Gasteiger partial charge in [-0.1, -0.05) is 30.3 Å². The number of nitrogens with zero attached hydrogens (tertiary/aromatic N) is 1.